The molecule has 0 bridgehead atoms. The van der Waals surface area contributed by atoms with Crippen LogP contribution in [0.15, 0.2) is 0 Å². The fourth-order valence-electron chi connectivity index (χ4n) is 1.71. The van der Waals surface area contributed by atoms with Crippen molar-refractivity contribution in [1.29, 1.82) is 0 Å². The lowest BCUT2D eigenvalue weighted by Gasteiger charge is -2.17. The molecule has 0 amide bonds. The van der Waals surface area contributed by atoms with Crippen LogP contribution in [0, 0.1) is 11.8 Å². The second-order valence-electron chi connectivity index (χ2n) is 5.63. The highest BCUT2D eigenvalue weighted by Gasteiger charge is 2.08. The van der Waals surface area contributed by atoms with Crippen LogP contribution in [-0.2, 0) is 0 Å². The minimum atomic E-state index is 0.539. The number of hydrogen-bond acceptors (Lipinski definition) is 0. The van der Waals surface area contributed by atoms with E-state index in [4.69, 9.17) is 0 Å². The summed E-state index contributed by atoms with van der Waals surface area (Å²) < 4.78 is 0. The van der Waals surface area contributed by atoms with Crippen LogP contribution in [0.4, 0.5) is 0 Å². The minimum Gasteiger partial charge on any atom is -0.0623 e. The monoisotopic (exact) mass is 197 g/mol. The van der Waals surface area contributed by atoms with Crippen LogP contribution < -0.4 is 0 Å². The molecule has 0 aliphatic heterocycles. The number of unbranched alkanes of at least 4 members (excludes halogenated alkanes) is 7. The van der Waals surface area contributed by atoms with Gasteiger partial charge in [-0.05, 0) is 18.3 Å². The Morgan fingerprint density at radius 2 is 1.29 bits per heavy atom. The third-order valence-corrected chi connectivity index (χ3v) is 2.67. The Bertz CT molecular complexity index is 108. The van der Waals surface area contributed by atoms with Crippen molar-refractivity contribution >= 4 is 0 Å². The highest BCUT2D eigenvalue weighted by Crippen LogP contribution is 2.22. The Hall–Kier alpha value is 0. The Labute approximate surface area is 91.5 Å². The van der Waals surface area contributed by atoms with Crippen molar-refractivity contribution in [2.75, 3.05) is 0 Å². The molecule has 0 aliphatic rings. The average Bonchev–Trinajstić information content (AvgIpc) is 2.08. The van der Waals surface area contributed by atoms with E-state index in [-0.39, 0.29) is 0 Å². The summed E-state index contributed by atoms with van der Waals surface area (Å²) in [5, 5.41) is 0. The largest absolute Gasteiger partial charge is 0.0623 e. The van der Waals surface area contributed by atoms with Crippen LogP contribution >= 0.6 is 0 Å². The number of rotatable bonds is 8. The molecule has 0 aromatic heterocycles. The smallest absolute Gasteiger partial charge is 0.0383 e. The molecule has 0 atom stereocenters. The van der Waals surface area contributed by atoms with Gasteiger partial charge in [-0.1, -0.05) is 72.6 Å². The van der Waals surface area contributed by atoms with Crippen LogP contribution in [0.1, 0.15) is 79.1 Å². The van der Waals surface area contributed by atoms with E-state index in [1.807, 2.05) is 0 Å². The zero-order valence-electron chi connectivity index (χ0n) is 10.7. The van der Waals surface area contributed by atoms with E-state index in [0.717, 1.165) is 0 Å². The molecular weight excluding hydrogens is 168 g/mol. The van der Waals surface area contributed by atoms with Crippen LogP contribution in [0.2, 0.25) is 0 Å². The predicted octanol–water partition coefficient (Wildman–Crippen LogP) is 5.38. The van der Waals surface area contributed by atoms with Gasteiger partial charge in [0.25, 0.3) is 0 Å². The first-order valence-electron chi connectivity index (χ1n) is 6.34. The van der Waals surface area contributed by atoms with Gasteiger partial charge in [0.1, 0.15) is 0 Å². The summed E-state index contributed by atoms with van der Waals surface area (Å²) in [6.45, 7) is 9.17. The van der Waals surface area contributed by atoms with Crippen LogP contribution in [0.5, 0.6) is 0 Å². The lowest BCUT2D eigenvalue weighted by atomic mass is 9.89. The molecule has 0 unspecified atom stereocenters. The second kappa shape index (κ2) is 8.32. The normalized spacial score (nSPS) is 12.0. The van der Waals surface area contributed by atoms with Gasteiger partial charge in [0.05, 0.1) is 0 Å². The summed E-state index contributed by atoms with van der Waals surface area (Å²) >= 11 is 0. The van der Waals surface area contributed by atoms with Gasteiger partial charge in [-0.25, -0.2) is 0 Å². The first kappa shape index (κ1) is 14.0. The number of hydrogen-bond donors (Lipinski definition) is 0. The Morgan fingerprint density at radius 3 is 1.79 bits per heavy atom. The lowest BCUT2D eigenvalue weighted by molar-refractivity contribution is 0.356. The molecule has 0 fully saturated rings. The third-order valence-electron chi connectivity index (χ3n) is 2.67. The second-order valence-corrected chi connectivity index (χ2v) is 5.63. The molecule has 14 heavy (non-hydrogen) atoms. The lowest BCUT2D eigenvalue weighted by Crippen LogP contribution is -2.03. The maximum Gasteiger partial charge on any atom is -0.0383 e. The van der Waals surface area contributed by atoms with E-state index in [1.54, 1.807) is 0 Å². The van der Waals surface area contributed by atoms with E-state index in [1.165, 1.54) is 51.4 Å². The highest BCUT2D eigenvalue weighted by molar-refractivity contribution is 4.61. The molecule has 0 N–H and O–H groups in total. The molecule has 0 heteroatoms. The molecule has 0 rings (SSSR count). The fourth-order valence-corrected chi connectivity index (χ4v) is 1.71. The Balaban J connectivity index is 2.99. The van der Waals surface area contributed by atoms with Gasteiger partial charge in [-0.3, -0.25) is 0 Å². The van der Waals surface area contributed by atoms with Crippen molar-refractivity contribution < 1.29 is 0 Å². The summed E-state index contributed by atoms with van der Waals surface area (Å²) in [4.78, 5) is 0. The van der Waals surface area contributed by atoms with Gasteiger partial charge >= 0.3 is 0 Å². The topological polar surface area (TPSA) is 0 Å². The van der Waals surface area contributed by atoms with E-state index in [2.05, 4.69) is 34.1 Å². The van der Waals surface area contributed by atoms with Crippen LogP contribution in [-0.4, -0.2) is 0 Å². The van der Waals surface area contributed by atoms with Crippen molar-refractivity contribution in [3.8, 4) is 0 Å². The summed E-state index contributed by atoms with van der Waals surface area (Å²) in [5.74, 6) is 0. The minimum absolute atomic E-state index is 0.539. The summed E-state index contributed by atoms with van der Waals surface area (Å²) in [6, 6.07) is 0. The summed E-state index contributed by atoms with van der Waals surface area (Å²) in [7, 11) is 0. The van der Waals surface area contributed by atoms with E-state index >= 15 is 0 Å². The molecule has 0 aromatic carbocycles. The van der Waals surface area contributed by atoms with Crippen molar-refractivity contribution in [3.05, 3.63) is 6.42 Å². The van der Waals surface area contributed by atoms with Gasteiger partial charge < -0.3 is 0 Å². The van der Waals surface area contributed by atoms with Crippen molar-refractivity contribution in [2.45, 2.75) is 79.1 Å². The Kier molecular flexibility index (Phi) is 8.32. The van der Waals surface area contributed by atoms with Crippen LogP contribution in [0.3, 0.4) is 0 Å². The summed E-state index contributed by atoms with van der Waals surface area (Å²) in [6.07, 6.45) is 13.5. The summed E-state index contributed by atoms with van der Waals surface area (Å²) in [5.41, 5.74) is 0.539. The first-order chi connectivity index (χ1) is 6.56. The predicted molar refractivity (Wildman–Crippen MR) is 66.4 cm³/mol. The van der Waals surface area contributed by atoms with Crippen molar-refractivity contribution in [3.63, 3.8) is 0 Å². The maximum atomic E-state index is 2.34. The molecule has 0 nitrogen and oxygen atoms in total. The molecule has 0 aliphatic carbocycles. The molecule has 85 valence electrons. The van der Waals surface area contributed by atoms with E-state index in [0.29, 0.717) is 5.41 Å². The molecular formula is C14H29. The van der Waals surface area contributed by atoms with Gasteiger partial charge in [-0.15, -0.1) is 0 Å². The highest BCUT2D eigenvalue weighted by atomic mass is 14.1. The zero-order valence-corrected chi connectivity index (χ0v) is 10.7. The van der Waals surface area contributed by atoms with Gasteiger partial charge in [0.2, 0.25) is 0 Å². The van der Waals surface area contributed by atoms with Gasteiger partial charge in [0.15, 0.2) is 0 Å². The molecule has 0 spiro atoms. The molecule has 0 aromatic rings. The SMILES string of the molecule is C[CH]CCCCCCCCC(C)(C)C. The van der Waals surface area contributed by atoms with Gasteiger partial charge in [-0.2, -0.15) is 0 Å². The average molecular weight is 197 g/mol. The van der Waals surface area contributed by atoms with E-state index < -0.39 is 0 Å². The zero-order chi connectivity index (χ0) is 10.9. The quantitative estimate of drug-likeness (QED) is 0.458. The molecule has 0 saturated carbocycles. The third kappa shape index (κ3) is 12.0. The van der Waals surface area contributed by atoms with E-state index in [9.17, 15) is 0 Å². The van der Waals surface area contributed by atoms with Crippen LogP contribution in [0.25, 0.3) is 0 Å². The standard InChI is InChI=1S/C14H29/c1-5-6-7-8-9-10-11-12-13-14(2,3)4/h5H,6-13H2,1-4H3. The fraction of sp³-hybridized carbons (Fsp3) is 0.929. The molecule has 0 saturated heterocycles. The van der Waals surface area contributed by atoms with Gasteiger partial charge in [0, 0.05) is 0 Å². The first-order valence-corrected chi connectivity index (χ1v) is 6.34. The van der Waals surface area contributed by atoms with Crippen molar-refractivity contribution in [2.24, 2.45) is 5.41 Å². The van der Waals surface area contributed by atoms with Crippen molar-refractivity contribution in [1.82, 2.24) is 0 Å². The maximum absolute atomic E-state index is 2.34. The Morgan fingerprint density at radius 1 is 0.786 bits per heavy atom. The molecule has 0 heterocycles. The molecule has 1 radical (unpaired) electrons.